The number of ketones is 1. The molecular formula is C24H28N2O6. The van der Waals surface area contributed by atoms with E-state index in [1.54, 1.807) is 25.3 Å². The minimum Gasteiger partial charge on any atom is -0.497 e. The van der Waals surface area contributed by atoms with Crippen LogP contribution in [0.15, 0.2) is 42.5 Å². The fourth-order valence-corrected chi connectivity index (χ4v) is 3.99. The Hall–Kier alpha value is -3.10. The number of methoxy groups -OCH3 is 1. The van der Waals surface area contributed by atoms with E-state index in [-0.39, 0.29) is 17.7 Å². The van der Waals surface area contributed by atoms with Gasteiger partial charge in [-0.3, -0.25) is 9.59 Å². The number of Topliss-reactive ketones (excluding diaryl/α,β-unsaturated/α-hetero) is 1. The Morgan fingerprint density at radius 1 is 1.16 bits per heavy atom. The first kappa shape index (κ1) is 22.1. The number of benzene rings is 2. The summed E-state index contributed by atoms with van der Waals surface area (Å²) in [6.07, 6.45) is 0.900. The van der Waals surface area contributed by atoms with Crippen LogP contribution >= 0.6 is 0 Å². The van der Waals surface area contributed by atoms with Crippen molar-refractivity contribution in [2.45, 2.75) is 31.5 Å². The summed E-state index contributed by atoms with van der Waals surface area (Å²) in [5.74, 6) is 0.779. The highest BCUT2D eigenvalue weighted by molar-refractivity contribution is 5.98. The van der Waals surface area contributed by atoms with Gasteiger partial charge in [-0.15, -0.1) is 0 Å². The van der Waals surface area contributed by atoms with Gasteiger partial charge in [-0.2, -0.15) is 0 Å². The monoisotopic (exact) mass is 440 g/mol. The predicted molar refractivity (Wildman–Crippen MR) is 118 cm³/mol. The molecule has 0 aromatic heterocycles. The zero-order valence-corrected chi connectivity index (χ0v) is 18.1. The molecule has 2 heterocycles. The SMILES string of the molecule is COc1ccc(CN2CC(C(=O)NC3CCOCC3)Oc3ccc(C(=O)CO)cc32)cc1. The van der Waals surface area contributed by atoms with Gasteiger partial charge in [-0.25, -0.2) is 0 Å². The van der Waals surface area contributed by atoms with Crippen molar-refractivity contribution in [2.24, 2.45) is 0 Å². The number of anilines is 1. The topological polar surface area (TPSA) is 97.3 Å². The predicted octanol–water partition coefficient (Wildman–Crippen LogP) is 1.93. The summed E-state index contributed by atoms with van der Waals surface area (Å²) in [5, 5.41) is 12.3. The molecule has 1 amide bonds. The number of rotatable bonds is 7. The average Bonchev–Trinajstić information content (AvgIpc) is 2.84. The van der Waals surface area contributed by atoms with Gasteiger partial charge in [0.05, 0.1) is 19.3 Å². The number of aliphatic hydroxyl groups excluding tert-OH is 1. The fourth-order valence-electron chi connectivity index (χ4n) is 3.99. The van der Waals surface area contributed by atoms with Crippen molar-refractivity contribution < 1.29 is 28.9 Å². The van der Waals surface area contributed by atoms with Crippen molar-refractivity contribution in [3.63, 3.8) is 0 Å². The zero-order chi connectivity index (χ0) is 22.5. The van der Waals surface area contributed by atoms with Crippen molar-refractivity contribution in [1.82, 2.24) is 5.32 Å². The van der Waals surface area contributed by atoms with Crippen LogP contribution < -0.4 is 19.7 Å². The Labute approximate surface area is 187 Å². The number of nitrogens with zero attached hydrogens (tertiary/aromatic N) is 1. The molecule has 8 nitrogen and oxygen atoms in total. The van der Waals surface area contributed by atoms with Crippen molar-refractivity contribution in [1.29, 1.82) is 0 Å². The third-order valence-corrected chi connectivity index (χ3v) is 5.81. The maximum Gasteiger partial charge on any atom is 0.263 e. The highest BCUT2D eigenvalue weighted by atomic mass is 16.5. The Kier molecular flexibility index (Phi) is 6.92. The third-order valence-electron chi connectivity index (χ3n) is 5.81. The molecule has 0 radical (unpaired) electrons. The standard InChI is InChI=1S/C24H28N2O6/c1-30-19-5-2-16(3-6-19)13-26-14-23(24(29)25-18-8-10-31-11-9-18)32-22-7-4-17(12-20(22)26)21(28)15-27/h2-7,12,18,23,27H,8-11,13-15H2,1H3,(H,25,29). The second-order valence-corrected chi connectivity index (χ2v) is 7.99. The third kappa shape index (κ3) is 5.03. The highest BCUT2D eigenvalue weighted by Crippen LogP contribution is 2.36. The molecule has 2 aliphatic heterocycles. The maximum atomic E-state index is 13.0. The summed E-state index contributed by atoms with van der Waals surface area (Å²) < 4.78 is 16.6. The normalized spacial score (nSPS) is 18.4. The molecule has 0 saturated carbocycles. The van der Waals surface area contributed by atoms with Gasteiger partial charge in [0.2, 0.25) is 0 Å². The number of fused-ring (bicyclic) bond motifs is 1. The van der Waals surface area contributed by atoms with Gasteiger partial charge < -0.3 is 29.5 Å². The molecule has 1 unspecified atom stereocenters. The number of hydrogen-bond acceptors (Lipinski definition) is 7. The number of nitrogens with one attached hydrogen (secondary N) is 1. The number of carbonyl (C=O) groups is 2. The van der Waals surface area contributed by atoms with Gasteiger partial charge in [0.15, 0.2) is 11.9 Å². The Bertz CT molecular complexity index is 955. The molecule has 170 valence electrons. The van der Waals surface area contributed by atoms with Crippen molar-refractivity contribution >= 4 is 17.4 Å². The molecule has 2 aromatic rings. The summed E-state index contributed by atoms with van der Waals surface area (Å²) in [6.45, 7) is 1.59. The number of ether oxygens (including phenoxy) is 3. The number of amides is 1. The van der Waals surface area contributed by atoms with Gasteiger partial charge in [-0.05, 0) is 48.7 Å². The summed E-state index contributed by atoms with van der Waals surface area (Å²) in [6, 6.07) is 12.8. The summed E-state index contributed by atoms with van der Waals surface area (Å²) in [4.78, 5) is 27.0. The van der Waals surface area contributed by atoms with Gasteiger partial charge in [0.25, 0.3) is 5.91 Å². The van der Waals surface area contributed by atoms with Crippen LogP contribution in [-0.2, 0) is 16.1 Å². The molecule has 2 N–H and O–H groups in total. The molecule has 0 aliphatic carbocycles. The van der Waals surface area contributed by atoms with Crippen molar-refractivity contribution in [3.05, 3.63) is 53.6 Å². The van der Waals surface area contributed by atoms with Gasteiger partial charge in [0, 0.05) is 31.4 Å². The second kappa shape index (κ2) is 10.0. The minimum absolute atomic E-state index is 0.0841. The summed E-state index contributed by atoms with van der Waals surface area (Å²) in [5.41, 5.74) is 2.15. The molecule has 32 heavy (non-hydrogen) atoms. The van der Waals surface area contributed by atoms with E-state index < -0.39 is 12.7 Å². The molecule has 1 fully saturated rings. The van der Waals surface area contributed by atoms with E-state index in [0.29, 0.717) is 37.6 Å². The first-order valence-corrected chi connectivity index (χ1v) is 10.8. The van der Waals surface area contributed by atoms with E-state index in [2.05, 4.69) is 5.32 Å². The van der Waals surface area contributed by atoms with E-state index in [1.807, 2.05) is 29.2 Å². The van der Waals surface area contributed by atoms with Crippen LogP contribution in [-0.4, -0.2) is 62.4 Å². The molecule has 1 atom stereocenters. The Morgan fingerprint density at radius 2 is 1.91 bits per heavy atom. The van der Waals surface area contributed by atoms with Crippen LogP contribution in [0, 0.1) is 0 Å². The molecule has 0 bridgehead atoms. The fraction of sp³-hybridized carbons (Fsp3) is 0.417. The number of aliphatic hydroxyl groups is 1. The van der Waals surface area contributed by atoms with Crippen LogP contribution in [0.3, 0.4) is 0 Å². The van der Waals surface area contributed by atoms with Gasteiger partial charge >= 0.3 is 0 Å². The molecule has 2 aliphatic rings. The summed E-state index contributed by atoms with van der Waals surface area (Å²) in [7, 11) is 1.62. The van der Waals surface area contributed by atoms with Crippen molar-refractivity contribution in [3.8, 4) is 11.5 Å². The molecule has 8 heteroatoms. The van der Waals surface area contributed by atoms with E-state index in [0.717, 1.165) is 29.8 Å². The smallest absolute Gasteiger partial charge is 0.263 e. The number of carbonyl (C=O) groups excluding carboxylic acids is 2. The molecule has 0 spiro atoms. The summed E-state index contributed by atoms with van der Waals surface area (Å²) >= 11 is 0. The van der Waals surface area contributed by atoms with E-state index in [9.17, 15) is 14.7 Å². The minimum atomic E-state index is -0.678. The maximum absolute atomic E-state index is 13.0. The first-order valence-electron chi connectivity index (χ1n) is 10.8. The lowest BCUT2D eigenvalue weighted by Gasteiger charge is -2.36. The largest absolute Gasteiger partial charge is 0.497 e. The number of hydrogen-bond donors (Lipinski definition) is 2. The van der Waals surface area contributed by atoms with Crippen LogP contribution in [0.1, 0.15) is 28.8 Å². The molecule has 4 rings (SSSR count). The lowest BCUT2D eigenvalue weighted by Crippen LogP contribution is -2.52. The Morgan fingerprint density at radius 3 is 2.59 bits per heavy atom. The van der Waals surface area contributed by atoms with E-state index >= 15 is 0 Å². The van der Waals surface area contributed by atoms with Crippen molar-refractivity contribution in [2.75, 3.05) is 38.4 Å². The van der Waals surface area contributed by atoms with Gasteiger partial charge in [0.1, 0.15) is 18.1 Å². The van der Waals surface area contributed by atoms with Crippen LogP contribution in [0.25, 0.3) is 0 Å². The molecule has 1 saturated heterocycles. The van der Waals surface area contributed by atoms with E-state index in [1.165, 1.54) is 0 Å². The second-order valence-electron chi connectivity index (χ2n) is 7.99. The lowest BCUT2D eigenvalue weighted by molar-refractivity contribution is -0.129. The zero-order valence-electron chi connectivity index (χ0n) is 18.1. The van der Waals surface area contributed by atoms with Crippen LogP contribution in [0.4, 0.5) is 5.69 Å². The van der Waals surface area contributed by atoms with Gasteiger partial charge in [-0.1, -0.05) is 12.1 Å². The molecule has 2 aromatic carbocycles. The quantitative estimate of drug-likeness (QED) is 0.635. The average molecular weight is 440 g/mol. The first-order chi connectivity index (χ1) is 15.6. The van der Waals surface area contributed by atoms with E-state index in [4.69, 9.17) is 14.2 Å². The molecular weight excluding hydrogens is 412 g/mol. The Balaban J connectivity index is 1.57. The van der Waals surface area contributed by atoms with Crippen LogP contribution in [0.2, 0.25) is 0 Å². The lowest BCUT2D eigenvalue weighted by atomic mass is 10.1. The van der Waals surface area contributed by atoms with Crippen LogP contribution in [0.5, 0.6) is 11.5 Å². The highest BCUT2D eigenvalue weighted by Gasteiger charge is 2.32.